The monoisotopic (exact) mass is 739 g/mol. The van der Waals surface area contributed by atoms with Crippen molar-refractivity contribution in [1.29, 1.82) is 0 Å². The van der Waals surface area contributed by atoms with Gasteiger partial charge in [-0.3, -0.25) is 14.8 Å². The zero-order chi connectivity index (χ0) is 35.3. The number of hydrogen-bond acceptors (Lipinski definition) is 10. The first-order valence-corrected chi connectivity index (χ1v) is 18.9. The average Bonchev–Trinajstić information content (AvgIpc) is 3.69. The van der Waals surface area contributed by atoms with Crippen molar-refractivity contribution >= 4 is 39.1 Å². The molecule has 4 heterocycles. The first-order valence-electron chi connectivity index (χ1n) is 16.5. The van der Waals surface area contributed by atoms with Gasteiger partial charge in [-0.1, -0.05) is 59.6 Å². The van der Waals surface area contributed by atoms with Gasteiger partial charge in [0.15, 0.2) is 0 Å². The average molecular weight is 741 g/mol. The van der Waals surface area contributed by atoms with Crippen molar-refractivity contribution in [1.82, 2.24) is 34.9 Å². The first-order chi connectivity index (χ1) is 24.2. The fourth-order valence-corrected chi connectivity index (χ4v) is 8.49. The predicted octanol–water partition coefficient (Wildman–Crippen LogP) is 5.32. The van der Waals surface area contributed by atoms with Crippen molar-refractivity contribution in [3.8, 4) is 45.4 Å². The minimum Gasteiger partial charge on any atom is -0.480 e. The molecule has 50 heavy (non-hydrogen) atoms. The summed E-state index contributed by atoms with van der Waals surface area (Å²) < 4.78 is 36.8. The minimum absolute atomic E-state index is 0.114. The second-order valence-corrected chi connectivity index (χ2v) is 15.0. The molecule has 15 heteroatoms. The van der Waals surface area contributed by atoms with Crippen LogP contribution in [-0.2, 0) is 27.8 Å². The van der Waals surface area contributed by atoms with Crippen molar-refractivity contribution in [2.75, 3.05) is 39.6 Å². The van der Waals surface area contributed by atoms with Crippen LogP contribution in [0.3, 0.4) is 0 Å². The molecule has 1 amide bonds. The number of nitrogens with one attached hydrogen (secondary N) is 2. The Bertz CT molecular complexity index is 1980. The van der Waals surface area contributed by atoms with Gasteiger partial charge in [0, 0.05) is 60.9 Å². The smallest absolute Gasteiger partial charge is 0.237 e. The van der Waals surface area contributed by atoms with Gasteiger partial charge in [-0.2, -0.15) is 0 Å². The highest BCUT2D eigenvalue weighted by Crippen LogP contribution is 2.42. The van der Waals surface area contributed by atoms with E-state index in [1.165, 1.54) is 11.4 Å². The fourth-order valence-electron chi connectivity index (χ4n) is 6.31. The molecule has 2 aliphatic rings. The van der Waals surface area contributed by atoms with Crippen LogP contribution in [0.5, 0.6) is 11.8 Å². The molecule has 0 radical (unpaired) electrons. The van der Waals surface area contributed by atoms with Crippen LogP contribution in [0.4, 0.5) is 0 Å². The molecule has 2 N–H and O–H groups in total. The Morgan fingerprint density at radius 1 is 0.920 bits per heavy atom. The molecule has 6 rings (SSSR count). The van der Waals surface area contributed by atoms with Crippen molar-refractivity contribution in [2.24, 2.45) is 0 Å². The molecule has 0 spiro atoms. The van der Waals surface area contributed by atoms with E-state index in [4.69, 9.17) is 42.6 Å². The van der Waals surface area contributed by atoms with E-state index in [2.05, 4.69) is 20.6 Å². The number of aromatic nitrogens is 4. The number of ether oxygens (including phenoxy) is 2. The summed E-state index contributed by atoms with van der Waals surface area (Å²) in [5, 5.41) is 7.14. The summed E-state index contributed by atoms with van der Waals surface area (Å²) in [5.74, 6) is 1.10. The van der Waals surface area contributed by atoms with Crippen LogP contribution < -0.4 is 20.1 Å². The number of benzene rings is 2. The van der Waals surface area contributed by atoms with Gasteiger partial charge >= 0.3 is 0 Å². The first kappa shape index (κ1) is 35.9. The van der Waals surface area contributed by atoms with E-state index in [0.29, 0.717) is 107 Å². The quantitative estimate of drug-likeness (QED) is 0.163. The zero-order valence-corrected chi connectivity index (χ0v) is 30.2. The van der Waals surface area contributed by atoms with Crippen LogP contribution >= 0.6 is 23.2 Å². The molecule has 0 unspecified atom stereocenters. The predicted molar refractivity (Wildman–Crippen MR) is 193 cm³/mol. The maximum absolute atomic E-state index is 12.1. The molecule has 2 fully saturated rings. The third-order valence-corrected chi connectivity index (χ3v) is 11.7. The van der Waals surface area contributed by atoms with Gasteiger partial charge in [-0.15, -0.1) is 0 Å². The maximum atomic E-state index is 12.1. The number of sulfonamides is 1. The molecule has 264 valence electrons. The number of amides is 1. The van der Waals surface area contributed by atoms with Crippen LogP contribution in [0, 0.1) is 0 Å². The van der Waals surface area contributed by atoms with Gasteiger partial charge in [-0.25, -0.2) is 22.7 Å². The lowest BCUT2D eigenvalue weighted by Gasteiger charge is -2.16. The second kappa shape index (κ2) is 16.0. The van der Waals surface area contributed by atoms with Crippen LogP contribution in [-0.4, -0.2) is 84.2 Å². The molecule has 1 atom stereocenters. The van der Waals surface area contributed by atoms with Gasteiger partial charge in [0.1, 0.15) is 11.4 Å². The molecule has 0 aliphatic carbocycles. The van der Waals surface area contributed by atoms with E-state index < -0.39 is 10.0 Å². The van der Waals surface area contributed by atoms with Gasteiger partial charge in [0.25, 0.3) is 0 Å². The highest BCUT2D eigenvalue weighted by Gasteiger charge is 2.27. The zero-order valence-electron chi connectivity index (χ0n) is 27.9. The van der Waals surface area contributed by atoms with Crippen LogP contribution in [0.25, 0.3) is 33.6 Å². The molecule has 2 aromatic carbocycles. The number of halogens is 2. The summed E-state index contributed by atoms with van der Waals surface area (Å²) in [5.41, 5.74) is 5.17. The van der Waals surface area contributed by atoms with Crippen molar-refractivity contribution in [3.05, 3.63) is 70.2 Å². The number of aryl methyl sites for hydroxylation is 1. The second-order valence-electron chi connectivity index (χ2n) is 12.2. The summed E-state index contributed by atoms with van der Waals surface area (Å²) in [6.45, 7) is 1.79. The molecule has 2 saturated heterocycles. The van der Waals surface area contributed by atoms with Crippen LogP contribution in [0.15, 0.2) is 48.8 Å². The van der Waals surface area contributed by atoms with E-state index in [-0.39, 0.29) is 17.7 Å². The lowest BCUT2D eigenvalue weighted by Crippen LogP contribution is -2.33. The Morgan fingerprint density at radius 2 is 1.52 bits per heavy atom. The highest BCUT2D eigenvalue weighted by atomic mass is 35.5. The SMILES string of the molecule is COc1nc(-c2cccc(-c3cccc(-c4cnc(CNCCN5CCCS5(=O)=O)c(OC)n4)c3Cl)c2Cl)cnc1CCC[C@@H]1CCC(=O)N1. The van der Waals surface area contributed by atoms with Gasteiger partial charge in [0.2, 0.25) is 27.7 Å². The summed E-state index contributed by atoms with van der Waals surface area (Å²) >= 11 is 14.1. The Kier molecular flexibility index (Phi) is 11.5. The lowest BCUT2D eigenvalue weighted by atomic mass is 9.98. The van der Waals surface area contributed by atoms with Gasteiger partial charge in [0.05, 0.1) is 53.8 Å². The summed E-state index contributed by atoms with van der Waals surface area (Å²) in [6, 6.07) is 11.5. The molecule has 0 bridgehead atoms. The molecule has 4 aromatic rings. The number of methoxy groups -OCH3 is 2. The summed E-state index contributed by atoms with van der Waals surface area (Å²) in [6.07, 6.45) is 7.86. The van der Waals surface area contributed by atoms with Crippen molar-refractivity contribution in [3.63, 3.8) is 0 Å². The molecule has 12 nitrogen and oxygen atoms in total. The van der Waals surface area contributed by atoms with Crippen molar-refractivity contribution in [2.45, 2.75) is 51.1 Å². The molecular formula is C35H39Cl2N7O5S. The minimum atomic E-state index is -3.14. The standard InChI is InChI=1S/C35H39Cl2N7O5S/c1-48-34-27(12-3-7-22-13-14-31(45)41-22)39-20-28(42-34)25-10-4-8-23(32(25)36)24-9-5-11-26(33(24)37)29-21-40-30(35(43-29)49-2)19-38-15-17-44-16-6-18-50(44,46)47/h4-5,8-11,20-22,38H,3,6-7,12-19H2,1-2H3,(H,41,45)/t22-/m1/s1. The maximum Gasteiger partial charge on any atom is 0.237 e. The Labute approximate surface area is 302 Å². The number of carbonyl (C=O) groups is 1. The topological polar surface area (TPSA) is 149 Å². The number of nitrogens with zero attached hydrogens (tertiary/aromatic N) is 5. The number of rotatable bonds is 14. The largest absolute Gasteiger partial charge is 0.480 e. The van der Waals surface area contributed by atoms with E-state index in [0.717, 1.165) is 25.0 Å². The normalized spacial score (nSPS) is 17.2. The third kappa shape index (κ3) is 8.02. The Hall–Kier alpha value is -3.88. The highest BCUT2D eigenvalue weighted by molar-refractivity contribution is 7.89. The Balaban J connectivity index is 1.18. The fraction of sp³-hybridized carbons (Fsp3) is 0.400. The Morgan fingerprint density at radius 3 is 2.08 bits per heavy atom. The van der Waals surface area contributed by atoms with Crippen LogP contribution in [0.2, 0.25) is 10.0 Å². The van der Waals surface area contributed by atoms with Crippen LogP contribution in [0.1, 0.15) is 43.5 Å². The lowest BCUT2D eigenvalue weighted by molar-refractivity contribution is -0.119. The van der Waals surface area contributed by atoms with E-state index in [1.54, 1.807) is 19.5 Å². The third-order valence-electron chi connectivity index (χ3n) is 8.93. The van der Waals surface area contributed by atoms with Crippen molar-refractivity contribution < 1.29 is 22.7 Å². The van der Waals surface area contributed by atoms with E-state index in [1.807, 2.05) is 36.4 Å². The number of carbonyl (C=O) groups excluding carboxylic acids is 1. The van der Waals surface area contributed by atoms with Gasteiger partial charge < -0.3 is 20.1 Å². The summed E-state index contributed by atoms with van der Waals surface area (Å²) in [4.78, 5) is 30.2. The number of hydrogen-bond donors (Lipinski definition) is 2. The van der Waals surface area contributed by atoms with E-state index in [9.17, 15) is 13.2 Å². The molecular weight excluding hydrogens is 701 g/mol. The molecule has 0 saturated carbocycles. The van der Waals surface area contributed by atoms with E-state index >= 15 is 0 Å². The molecule has 2 aromatic heterocycles. The van der Waals surface area contributed by atoms with Gasteiger partial charge in [-0.05, 0) is 32.1 Å². The summed E-state index contributed by atoms with van der Waals surface area (Å²) in [7, 11) is -0.0407. The molecule has 2 aliphatic heterocycles.